The van der Waals surface area contributed by atoms with Gasteiger partial charge in [-0.1, -0.05) is 6.07 Å². The van der Waals surface area contributed by atoms with E-state index in [9.17, 15) is 17.2 Å². The van der Waals surface area contributed by atoms with Gasteiger partial charge in [-0.3, -0.25) is 0 Å². The van der Waals surface area contributed by atoms with Gasteiger partial charge in [0.25, 0.3) is 0 Å². The van der Waals surface area contributed by atoms with Gasteiger partial charge in [0.05, 0.1) is 18.8 Å². The molecule has 0 amide bonds. The molecule has 1 aromatic heterocycles. The van der Waals surface area contributed by atoms with Crippen LogP contribution < -0.4 is 0 Å². The van der Waals surface area contributed by atoms with Gasteiger partial charge in [-0.05, 0) is 13.0 Å². The van der Waals surface area contributed by atoms with Gasteiger partial charge >= 0.3 is 0 Å². The van der Waals surface area contributed by atoms with Gasteiger partial charge in [0, 0.05) is 11.6 Å². The SMILES string of the molecule is C[C@H]1N(S(C)(=O)=O)CO[C@@]1(Cn1cncn1)c1ccc(F)cc1F. The van der Waals surface area contributed by atoms with E-state index in [-0.39, 0.29) is 18.8 Å². The van der Waals surface area contributed by atoms with E-state index in [1.165, 1.54) is 23.4 Å². The highest BCUT2D eigenvalue weighted by Crippen LogP contribution is 2.41. The van der Waals surface area contributed by atoms with Crippen molar-refractivity contribution in [1.29, 1.82) is 0 Å². The summed E-state index contributed by atoms with van der Waals surface area (Å²) in [5, 5.41) is 3.98. The number of aromatic nitrogens is 3. The number of ether oxygens (including phenoxy) is 1. The summed E-state index contributed by atoms with van der Waals surface area (Å²) in [5.74, 6) is -1.53. The molecule has 2 aromatic rings. The molecule has 0 unspecified atom stereocenters. The molecule has 1 aliphatic rings. The minimum Gasteiger partial charge on any atom is -0.350 e. The zero-order valence-corrected chi connectivity index (χ0v) is 13.9. The third-order valence-electron chi connectivity index (χ3n) is 4.23. The predicted octanol–water partition coefficient (Wildman–Crippen LogP) is 1.09. The molecule has 2 heterocycles. The Morgan fingerprint density at radius 1 is 1.42 bits per heavy atom. The first-order valence-corrected chi connectivity index (χ1v) is 8.97. The number of rotatable bonds is 4. The summed E-state index contributed by atoms with van der Waals surface area (Å²) in [5.41, 5.74) is -1.28. The summed E-state index contributed by atoms with van der Waals surface area (Å²) >= 11 is 0. The Hall–Kier alpha value is -1.91. The molecule has 3 rings (SSSR count). The molecular weight excluding hydrogens is 342 g/mol. The Labute approximate surface area is 137 Å². The van der Waals surface area contributed by atoms with Crippen molar-refractivity contribution < 1.29 is 21.9 Å². The fraction of sp³-hybridized carbons (Fsp3) is 0.429. The Morgan fingerprint density at radius 2 is 2.17 bits per heavy atom. The molecule has 0 spiro atoms. The second kappa shape index (κ2) is 5.87. The largest absolute Gasteiger partial charge is 0.350 e. The highest BCUT2D eigenvalue weighted by molar-refractivity contribution is 7.88. The summed E-state index contributed by atoms with van der Waals surface area (Å²) in [6.45, 7) is 1.42. The quantitative estimate of drug-likeness (QED) is 0.818. The van der Waals surface area contributed by atoms with Crippen LogP contribution in [0.2, 0.25) is 0 Å². The van der Waals surface area contributed by atoms with Crippen molar-refractivity contribution in [2.24, 2.45) is 0 Å². The van der Waals surface area contributed by atoms with Gasteiger partial charge < -0.3 is 4.74 Å². The van der Waals surface area contributed by atoms with Crippen LogP contribution in [0, 0.1) is 11.6 Å². The van der Waals surface area contributed by atoms with Crippen molar-refractivity contribution in [2.75, 3.05) is 13.0 Å². The molecule has 1 fully saturated rings. The molecule has 130 valence electrons. The first-order valence-electron chi connectivity index (χ1n) is 7.13. The lowest BCUT2D eigenvalue weighted by molar-refractivity contribution is -0.0271. The average molecular weight is 358 g/mol. The van der Waals surface area contributed by atoms with Crippen LogP contribution in [0.3, 0.4) is 0 Å². The van der Waals surface area contributed by atoms with Crippen LogP contribution in [0.4, 0.5) is 8.78 Å². The highest BCUT2D eigenvalue weighted by atomic mass is 32.2. The first kappa shape index (κ1) is 16.9. The van der Waals surface area contributed by atoms with E-state index < -0.39 is 33.3 Å². The van der Waals surface area contributed by atoms with E-state index in [0.717, 1.165) is 22.7 Å². The summed E-state index contributed by atoms with van der Waals surface area (Å²) in [4.78, 5) is 3.83. The molecule has 0 radical (unpaired) electrons. The topological polar surface area (TPSA) is 77.3 Å². The molecule has 0 saturated carbocycles. The number of sulfonamides is 1. The van der Waals surface area contributed by atoms with Crippen LogP contribution in [-0.4, -0.2) is 46.5 Å². The lowest BCUT2D eigenvalue weighted by Gasteiger charge is -2.34. The maximum absolute atomic E-state index is 14.4. The average Bonchev–Trinajstić information content (AvgIpc) is 3.08. The van der Waals surface area contributed by atoms with Crippen molar-refractivity contribution in [3.63, 3.8) is 0 Å². The van der Waals surface area contributed by atoms with Crippen LogP contribution in [0.15, 0.2) is 30.9 Å². The van der Waals surface area contributed by atoms with E-state index in [1.54, 1.807) is 6.92 Å². The minimum atomic E-state index is -3.56. The van der Waals surface area contributed by atoms with E-state index in [1.807, 2.05) is 0 Å². The van der Waals surface area contributed by atoms with Crippen molar-refractivity contribution in [3.8, 4) is 0 Å². The van der Waals surface area contributed by atoms with E-state index >= 15 is 0 Å². The van der Waals surface area contributed by atoms with Crippen LogP contribution in [0.1, 0.15) is 12.5 Å². The zero-order valence-electron chi connectivity index (χ0n) is 13.1. The molecule has 1 aromatic carbocycles. The third-order valence-corrected chi connectivity index (χ3v) is 5.51. The lowest BCUT2D eigenvalue weighted by Crippen LogP contribution is -2.46. The molecule has 1 saturated heterocycles. The second-order valence-corrected chi connectivity index (χ2v) is 7.64. The van der Waals surface area contributed by atoms with Gasteiger partial charge in [-0.25, -0.2) is 26.9 Å². The van der Waals surface area contributed by atoms with Gasteiger partial charge in [-0.2, -0.15) is 9.40 Å². The highest BCUT2D eigenvalue weighted by Gasteiger charge is 2.52. The number of benzene rings is 1. The maximum Gasteiger partial charge on any atom is 0.213 e. The Bertz CT molecular complexity index is 844. The zero-order chi connectivity index (χ0) is 17.5. The van der Waals surface area contributed by atoms with E-state index in [0.29, 0.717) is 0 Å². The Kier molecular flexibility index (Phi) is 4.14. The van der Waals surface area contributed by atoms with Crippen molar-refractivity contribution in [1.82, 2.24) is 19.1 Å². The van der Waals surface area contributed by atoms with E-state index in [4.69, 9.17) is 4.74 Å². The second-order valence-electron chi connectivity index (χ2n) is 5.71. The molecule has 10 heteroatoms. The molecule has 0 bridgehead atoms. The smallest absolute Gasteiger partial charge is 0.213 e. The number of halogens is 2. The fourth-order valence-electron chi connectivity index (χ4n) is 2.98. The Morgan fingerprint density at radius 3 is 2.71 bits per heavy atom. The van der Waals surface area contributed by atoms with Crippen molar-refractivity contribution in [3.05, 3.63) is 48.1 Å². The summed E-state index contributed by atoms with van der Waals surface area (Å²) in [6.07, 6.45) is 3.78. The molecule has 2 atom stereocenters. The van der Waals surface area contributed by atoms with Gasteiger partial charge in [0.15, 0.2) is 0 Å². The monoisotopic (exact) mass is 358 g/mol. The first-order chi connectivity index (χ1) is 11.2. The number of hydrogen-bond donors (Lipinski definition) is 0. The van der Waals surface area contributed by atoms with Gasteiger partial charge in [-0.15, -0.1) is 0 Å². The predicted molar refractivity (Wildman–Crippen MR) is 80.2 cm³/mol. The molecule has 7 nitrogen and oxygen atoms in total. The number of nitrogens with zero attached hydrogens (tertiary/aromatic N) is 4. The van der Waals surface area contributed by atoms with Crippen molar-refractivity contribution >= 4 is 10.0 Å². The van der Waals surface area contributed by atoms with Crippen molar-refractivity contribution in [2.45, 2.75) is 25.1 Å². The molecular formula is C14H16F2N4O3S. The molecule has 0 N–H and O–H groups in total. The Balaban J connectivity index is 2.12. The maximum atomic E-state index is 14.4. The van der Waals surface area contributed by atoms with Gasteiger partial charge in [0.1, 0.15) is 36.6 Å². The number of hydrogen-bond acceptors (Lipinski definition) is 5. The summed E-state index contributed by atoms with van der Waals surface area (Å²) in [7, 11) is -3.56. The van der Waals surface area contributed by atoms with Crippen LogP contribution in [0.5, 0.6) is 0 Å². The van der Waals surface area contributed by atoms with Crippen LogP contribution >= 0.6 is 0 Å². The molecule has 1 aliphatic heterocycles. The summed E-state index contributed by atoms with van der Waals surface area (Å²) < 4.78 is 60.0. The standard InChI is InChI=1S/C14H16F2N4O3S/c1-10-14(6-19-8-17-7-18-19,23-9-20(10)24(2,21)22)12-4-3-11(15)5-13(12)16/h3-5,7-8,10H,6,9H2,1-2H3/t10-,14-/m1/s1. The van der Waals surface area contributed by atoms with Gasteiger partial charge in [0.2, 0.25) is 10.0 Å². The lowest BCUT2D eigenvalue weighted by atomic mass is 9.87. The van der Waals surface area contributed by atoms with Crippen LogP contribution in [0.25, 0.3) is 0 Å². The fourth-order valence-corrected chi connectivity index (χ4v) is 3.97. The molecule has 24 heavy (non-hydrogen) atoms. The summed E-state index contributed by atoms with van der Waals surface area (Å²) in [6, 6.07) is 2.40. The normalized spacial score (nSPS) is 25.2. The molecule has 0 aliphatic carbocycles. The van der Waals surface area contributed by atoms with E-state index in [2.05, 4.69) is 10.1 Å². The third kappa shape index (κ3) is 2.80. The minimum absolute atomic E-state index is 0.0305. The van der Waals surface area contributed by atoms with Crippen LogP contribution in [-0.2, 0) is 26.9 Å².